The fourth-order valence-electron chi connectivity index (χ4n) is 1.27. The number of aliphatic hydroxyl groups is 1. The third kappa shape index (κ3) is 1.14. The van der Waals surface area contributed by atoms with Gasteiger partial charge in [-0.1, -0.05) is 11.6 Å². The monoisotopic (exact) mass is 172 g/mol. The molecule has 2 rings (SSSR count). The first-order valence-electron chi connectivity index (χ1n) is 3.65. The summed E-state index contributed by atoms with van der Waals surface area (Å²) in [5.74, 6) is 0. The van der Waals surface area contributed by atoms with E-state index < -0.39 is 0 Å². The summed E-state index contributed by atoms with van der Waals surface area (Å²) < 4.78 is 1.73. The number of aromatic nitrogens is 2. The molecule has 0 bridgehead atoms. The fraction of sp³-hybridized carbons (Fsp3) is 0.571. The molecule has 0 aliphatic heterocycles. The highest BCUT2D eigenvalue weighted by Crippen LogP contribution is 2.31. The van der Waals surface area contributed by atoms with Gasteiger partial charge in [-0.2, -0.15) is 5.10 Å². The van der Waals surface area contributed by atoms with Gasteiger partial charge in [0.25, 0.3) is 0 Å². The summed E-state index contributed by atoms with van der Waals surface area (Å²) in [7, 11) is 0. The van der Waals surface area contributed by atoms with Gasteiger partial charge < -0.3 is 5.11 Å². The second-order valence-electron chi connectivity index (χ2n) is 2.85. The van der Waals surface area contributed by atoms with Crippen LogP contribution in [0.15, 0.2) is 12.4 Å². The van der Waals surface area contributed by atoms with Crippen LogP contribution in [0.5, 0.6) is 0 Å². The van der Waals surface area contributed by atoms with Crippen LogP contribution in [0, 0.1) is 0 Å². The Bertz CT molecular complexity index is 261. The molecule has 3 nitrogen and oxygen atoms in total. The summed E-state index contributed by atoms with van der Waals surface area (Å²) in [4.78, 5) is 0. The Kier molecular flexibility index (Phi) is 1.62. The SMILES string of the molecule is O[C@@H]1CC[C@H]1n1cc(Cl)cn1. The highest BCUT2D eigenvalue weighted by atomic mass is 35.5. The summed E-state index contributed by atoms with van der Waals surface area (Å²) in [6.45, 7) is 0. The maximum absolute atomic E-state index is 9.27. The van der Waals surface area contributed by atoms with Crippen molar-refractivity contribution in [1.82, 2.24) is 9.78 Å². The van der Waals surface area contributed by atoms with Gasteiger partial charge in [-0.25, -0.2) is 0 Å². The van der Waals surface area contributed by atoms with E-state index in [-0.39, 0.29) is 12.1 Å². The Labute approximate surface area is 69.6 Å². The smallest absolute Gasteiger partial charge is 0.0785 e. The maximum atomic E-state index is 9.27. The third-order valence-corrected chi connectivity index (χ3v) is 2.31. The van der Waals surface area contributed by atoms with Crippen molar-refractivity contribution in [3.63, 3.8) is 0 Å². The molecule has 1 aliphatic carbocycles. The molecule has 1 aliphatic rings. The molecule has 4 heteroatoms. The van der Waals surface area contributed by atoms with Crippen molar-refractivity contribution in [2.45, 2.75) is 25.0 Å². The molecule has 1 heterocycles. The van der Waals surface area contributed by atoms with Gasteiger partial charge in [0.2, 0.25) is 0 Å². The van der Waals surface area contributed by atoms with Crippen LogP contribution in [0.25, 0.3) is 0 Å². The molecule has 0 amide bonds. The van der Waals surface area contributed by atoms with Crippen LogP contribution in [-0.2, 0) is 0 Å². The average Bonchev–Trinajstić information content (AvgIpc) is 2.33. The van der Waals surface area contributed by atoms with Crippen molar-refractivity contribution in [2.75, 3.05) is 0 Å². The zero-order valence-corrected chi connectivity index (χ0v) is 6.70. The van der Waals surface area contributed by atoms with E-state index in [4.69, 9.17) is 11.6 Å². The predicted molar refractivity (Wildman–Crippen MR) is 41.5 cm³/mol. The molecule has 0 saturated heterocycles. The molecule has 0 unspecified atom stereocenters. The van der Waals surface area contributed by atoms with E-state index in [9.17, 15) is 5.11 Å². The minimum atomic E-state index is -0.231. The van der Waals surface area contributed by atoms with Gasteiger partial charge in [-0.15, -0.1) is 0 Å². The summed E-state index contributed by atoms with van der Waals surface area (Å²) in [5, 5.41) is 13.9. The average molecular weight is 173 g/mol. The van der Waals surface area contributed by atoms with Crippen molar-refractivity contribution in [3.8, 4) is 0 Å². The van der Waals surface area contributed by atoms with Crippen LogP contribution in [0.3, 0.4) is 0 Å². The molecule has 2 atom stereocenters. The van der Waals surface area contributed by atoms with E-state index >= 15 is 0 Å². The van der Waals surface area contributed by atoms with Gasteiger partial charge in [0, 0.05) is 6.20 Å². The van der Waals surface area contributed by atoms with Crippen molar-refractivity contribution < 1.29 is 5.11 Å². The minimum absolute atomic E-state index is 0.155. The number of rotatable bonds is 1. The third-order valence-electron chi connectivity index (χ3n) is 2.11. The lowest BCUT2D eigenvalue weighted by Crippen LogP contribution is -2.33. The number of halogens is 1. The first-order chi connectivity index (χ1) is 5.27. The van der Waals surface area contributed by atoms with E-state index in [1.54, 1.807) is 17.1 Å². The Morgan fingerprint density at radius 2 is 2.45 bits per heavy atom. The topological polar surface area (TPSA) is 38.0 Å². The maximum Gasteiger partial charge on any atom is 0.0785 e. The number of hydrogen-bond acceptors (Lipinski definition) is 2. The van der Waals surface area contributed by atoms with E-state index in [1.165, 1.54) is 0 Å². The summed E-state index contributed by atoms with van der Waals surface area (Å²) >= 11 is 5.67. The molecule has 11 heavy (non-hydrogen) atoms. The second-order valence-corrected chi connectivity index (χ2v) is 3.29. The molecule has 1 saturated carbocycles. The zero-order chi connectivity index (χ0) is 7.84. The lowest BCUT2D eigenvalue weighted by molar-refractivity contribution is 0.0254. The molecule has 1 N–H and O–H groups in total. The molecule has 1 fully saturated rings. The van der Waals surface area contributed by atoms with Crippen LogP contribution >= 0.6 is 11.6 Å². The number of nitrogens with zero attached hydrogens (tertiary/aromatic N) is 2. The van der Waals surface area contributed by atoms with E-state index in [2.05, 4.69) is 5.10 Å². The van der Waals surface area contributed by atoms with Crippen molar-refractivity contribution in [2.24, 2.45) is 0 Å². The Balaban J connectivity index is 2.16. The molecule has 0 aromatic carbocycles. The Hall–Kier alpha value is -0.540. The first-order valence-corrected chi connectivity index (χ1v) is 4.03. The molecule has 0 spiro atoms. The number of hydrogen-bond donors (Lipinski definition) is 1. The molecular formula is C7H9ClN2O. The highest BCUT2D eigenvalue weighted by Gasteiger charge is 2.30. The largest absolute Gasteiger partial charge is 0.391 e. The molecule has 0 radical (unpaired) electrons. The van der Waals surface area contributed by atoms with Crippen molar-refractivity contribution in [3.05, 3.63) is 17.4 Å². The van der Waals surface area contributed by atoms with Gasteiger partial charge in [0.15, 0.2) is 0 Å². The molecule has 1 aromatic rings. The molecular weight excluding hydrogens is 164 g/mol. The standard InChI is InChI=1S/C7H9ClN2O/c8-5-3-9-10(4-5)6-1-2-7(6)11/h3-4,6-7,11H,1-2H2/t6-,7-/m1/s1. The lowest BCUT2D eigenvalue weighted by atomic mass is 9.89. The van der Waals surface area contributed by atoms with Crippen LogP contribution in [0.2, 0.25) is 5.02 Å². The minimum Gasteiger partial charge on any atom is -0.391 e. The summed E-state index contributed by atoms with van der Waals surface area (Å²) in [5.41, 5.74) is 0. The van der Waals surface area contributed by atoms with E-state index in [1.807, 2.05) is 0 Å². The fourth-order valence-corrected chi connectivity index (χ4v) is 1.41. The normalized spacial score (nSPS) is 30.0. The van der Waals surface area contributed by atoms with Crippen molar-refractivity contribution >= 4 is 11.6 Å². The van der Waals surface area contributed by atoms with Crippen LogP contribution in [0.4, 0.5) is 0 Å². The van der Waals surface area contributed by atoms with Gasteiger partial charge in [0.1, 0.15) is 0 Å². The second kappa shape index (κ2) is 2.50. The van der Waals surface area contributed by atoms with E-state index in [0.29, 0.717) is 5.02 Å². The van der Waals surface area contributed by atoms with Crippen LogP contribution in [-0.4, -0.2) is 21.0 Å². The first kappa shape index (κ1) is 7.13. The van der Waals surface area contributed by atoms with Gasteiger partial charge in [-0.05, 0) is 12.8 Å². The Morgan fingerprint density at radius 1 is 1.64 bits per heavy atom. The molecule has 1 aromatic heterocycles. The van der Waals surface area contributed by atoms with Gasteiger partial charge in [-0.3, -0.25) is 4.68 Å². The Morgan fingerprint density at radius 3 is 2.82 bits per heavy atom. The van der Waals surface area contributed by atoms with Gasteiger partial charge >= 0.3 is 0 Å². The lowest BCUT2D eigenvalue weighted by Gasteiger charge is -2.32. The van der Waals surface area contributed by atoms with Gasteiger partial charge in [0.05, 0.1) is 23.4 Å². The summed E-state index contributed by atoms with van der Waals surface area (Å²) in [6.07, 6.45) is 4.98. The molecule has 60 valence electrons. The zero-order valence-electron chi connectivity index (χ0n) is 5.94. The van der Waals surface area contributed by atoms with Crippen molar-refractivity contribution in [1.29, 1.82) is 0 Å². The number of aliphatic hydroxyl groups excluding tert-OH is 1. The van der Waals surface area contributed by atoms with Crippen LogP contribution < -0.4 is 0 Å². The quantitative estimate of drug-likeness (QED) is 0.692. The van der Waals surface area contributed by atoms with Crippen LogP contribution in [0.1, 0.15) is 18.9 Å². The summed E-state index contributed by atoms with van der Waals surface area (Å²) in [6, 6.07) is 0.155. The predicted octanol–water partition coefficient (Wildman–Crippen LogP) is 1.23. The highest BCUT2D eigenvalue weighted by molar-refractivity contribution is 6.30. The van der Waals surface area contributed by atoms with E-state index in [0.717, 1.165) is 12.8 Å².